The van der Waals surface area contributed by atoms with Crippen LogP contribution in [-0.2, 0) is 14.8 Å². The topological polar surface area (TPSA) is 83.7 Å². The van der Waals surface area contributed by atoms with Crippen LogP contribution in [-0.4, -0.2) is 55.2 Å². The van der Waals surface area contributed by atoms with Crippen LogP contribution in [0.5, 0.6) is 0 Å². The number of nitrogens with two attached hydrogens (primary N) is 1. The van der Waals surface area contributed by atoms with Gasteiger partial charge >= 0.3 is 0 Å². The maximum absolute atomic E-state index is 12.7. The molecule has 0 aromatic heterocycles. The number of amides is 1. The summed E-state index contributed by atoms with van der Waals surface area (Å²) in [6, 6.07) is 6.41. The van der Waals surface area contributed by atoms with E-state index in [4.69, 9.17) is 17.3 Å². The lowest BCUT2D eigenvalue weighted by Gasteiger charge is -2.38. The van der Waals surface area contributed by atoms with Crippen molar-refractivity contribution in [2.45, 2.75) is 36.1 Å². The lowest BCUT2D eigenvalue weighted by molar-refractivity contribution is -0.138. The van der Waals surface area contributed by atoms with E-state index in [0.29, 0.717) is 25.9 Å². The number of piperazine rings is 1. The first-order valence-corrected chi connectivity index (χ1v) is 9.99. The fourth-order valence-electron chi connectivity index (χ4n) is 3.46. The van der Waals surface area contributed by atoms with Crippen LogP contribution in [0.25, 0.3) is 0 Å². The number of nitrogens with zero attached hydrogens (tertiary/aromatic N) is 2. The van der Waals surface area contributed by atoms with Gasteiger partial charge in [0.25, 0.3) is 0 Å². The summed E-state index contributed by atoms with van der Waals surface area (Å²) in [5, 5.41) is 0.211. The lowest BCUT2D eigenvalue weighted by Crippen LogP contribution is -2.59. The summed E-state index contributed by atoms with van der Waals surface area (Å²) >= 11 is 6.02. The van der Waals surface area contributed by atoms with E-state index in [9.17, 15) is 13.2 Å². The molecule has 1 heterocycles. The second kappa shape index (κ2) is 6.63. The molecule has 0 bridgehead atoms. The van der Waals surface area contributed by atoms with Crippen molar-refractivity contribution >= 4 is 27.5 Å². The van der Waals surface area contributed by atoms with Crippen molar-refractivity contribution in [3.63, 3.8) is 0 Å². The first-order chi connectivity index (χ1) is 11.3. The maximum Gasteiger partial charge on any atom is 0.244 e. The predicted molar refractivity (Wildman–Crippen MR) is 92.2 cm³/mol. The van der Waals surface area contributed by atoms with E-state index in [2.05, 4.69) is 0 Å². The van der Waals surface area contributed by atoms with E-state index in [1.54, 1.807) is 23.1 Å². The van der Waals surface area contributed by atoms with Crippen LogP contribution in [0.3, 0.4) is 0 Å². The van der Waals surface area contributed by atoms with Gasteiger partial charge in [-0.05, 0) is 25.0 Å². The molecule has 0 unspecified atom stereocenters. The zero-order valence-corrected chi connectivity index (χ0v) is 15.0. The molecular formula is C16H22ClN3O3S. The van der Waals surface area contributed by atoms with Crippen LogP contribution in [0, 0.1) is 0 Å². The van der Waals surface area contributed by atoms with Crippen LogP contribution in [0.15, 0.2) is 29.2 Å². The van der Waals surface area contributed by atoms with Crippen molar-refractivity contribution < 1.29 is 13.2 Å². The second-order valence-electron chi connectivity index (χ2n) is 6.49. The number of rotatable bonds is 3. The van der Waals surface area contributed by atoms with Crippen LogP contribution in [0.4, 0.5) is 0 Å². The van der Waals surface area contributed by atoms with E-state index >= 15 is 0 Å². The largest absolute Gasteiger partial charge is 0.338 e. The number of carbonyl (C=O) groups is 1. The summed E-state index contributed by atoms with van der Waals surface area (Å²) in [6.45, 7) is 1.24. The minimum absolute atomic E-state index is 0.0465. The Morgan fingerprint density at radius 1 is 1.08 bits per heavy atom. The highest BCUT2D eigenvalue weighted by molar-refractivity contribution is 7.89. The number of carbonyl (C=O) groups excluding carboxylic acids is 1. The summed E-state index contributed by atoms with van der Waals surface area (Å²) in [7, 11) is -3.64. The van der Waals surface area contributed by atoms with Gasteiger partial charge in [-0.15, -0.1) is 0 Å². The van der Waals surface area contributed by atoms with Gasteiger partial charge in [0.15, 0.2) is 0 Å². The smallest absolute Gasteiger partial charge is 0.244 e. The lowest BCUT2D eigenvalue weighted by atomic mass is 9.97. The first-order valence-electron chi connectivity index (χ1n) is 8.17. The third kappa shape index (κ3) is 3.18. The van der Waals surface area contributed by atoms with Gasteiger partial charge in [-0.25, -0.2) is 8.42 Å². The van der Waals surface area contributed by atoms with E-state index in [0.717, 1.165) is 12.8 Å². The molecule has 0 spiro atoms. The van der Waals surface area contributed by atoms with Crippen molar-refractivity contribution in [1.82, 2.24) is 9.21 Å². The second-order valence-corrected chi connectivity index (χ2v) is 8.80. The van der Waals surface area contributed by atoms with E-state index in [-0.39, 0.29) is 28.9 Å². The molecule has 0 radical (unpaired) electrons. The molecule has 8 heteroatoms. The van der Waals surface area contributed by atoms with E-state index < -0.39 is 15.6 Å². The molecule has 1 saturated heterocycles. The average molecular weight is 372 g/mol. The minimum atomic E-state index is -3.64. The Morgan fingerprint density at radius 3 is 2.25 bits per heavy atom. The fourth-order valence-corrected chi connectivity index (χ4v) is 5.37. The Balaban J connectivity index is 1.69. The normalized spacial score (nSPS) is 21.8. The Kier molecular flexibility index (Phi) is 4.88. The molecule has 1 aromatic carbocycles. The van der Waals surface area contributed by atoms with Gasteiger partial charge in [0.2, 0.25) is 15.9 Å². The molecule has 1 aromatic rings. The van der Waals surface area contributed by atoms with E-state index in [1.165, 1.54) is 10.4 Å². The zero-order valence-electron chi connectivity index (χ0n) is 13.4. The molecule has 2 N–H and O–H groups in total. The third-order valence-electron chi connectivity index (χ3n) is 4.90. The standard InChI is InChI=1S/C16H22ClN3O3S/c17-13-5-1-2-6-14(13)24(22,23)20-11-9-19(10-12-20)15(21)16(18)7-3-4-8-16/h1-2,5-6H,3-4,7-12,18H2. The minimum Gasteiger partial charge on any atom is -0.338 e. The maximum atomic E-state index is 12.7. The zero-order chi connectivity index (χ0) is 17.4. The molecule has 2 fully saturated rings. The number of benzene rings is 1. The summed E-state index contributed by atoms with van der Waals surface area (Å²) in [5.74, 6) is -0.0465. The van der Waals surface area contributed by atoms with Crippen LogP contribution in [0.1, 0.15) is 25.7 Å². The average Bonchev–Trinajstić information content (AvgIpc) is 3.02. The summed E-state index contributed by atoms with van der Waals surface area (Å²) in [4.78, 5) is 14.4. The van der Waals surface area contributed by atoms with Gasteiger partial charge in [-0.2, -0.15) is 4.31 Å². The van der Waals surface area contributed by atoms with Crippen molar-refractivity contribution in [3.05, 3.63) is 29.3 Å². The molecule has 132 valence electrons. The van der Waals surface area contributed by atoms with Crippen molar-refractivity contribution in [1.29, 1.82) is 0 Å². The highest BCUT2D eigenvalue weighted by Crippen LogP contribution is 2.30. The van der Waals surface area contributed by atoms with Crippen LogP contribution >= 0.6 is 11.6 Å². The number of halogens is 1. The quantitative estimate of drug-likeness (QED) is 0.871. The van der Waals surface area contributed by atoms with Crippen molar-refractivity contribution in [3.8, 4) is 0 Å². The molecular weight excluding hydrogens is 350 g/mol. The van der Waals surface area contributed by atoms with E-state index in [1.807, 2.05) is 0 Å². The van der Waals surface area contributed by atoms with Gasteiger partial charge < -0.3 is 10.6 Å². The van der Waals surface area contributed by atoms with Crippen molar-refractivity contribution in [2.24, 2.45) is 5.73 Å². The van der Waals surface area contributed by atoms with Crippen LogP contribution < -0.4 is 5.73 Å². The fraction of sp³-hybridized carbons (Fsp3) is 0.562. The molecule has 24 heavy (non-hydrogen) atoms. The Labute approximate surface area is 147 Å². The number of sulfonamides is 1. The molecule has 1 aliphatic heterocycles. The first kappa shape index (κ1) is 17.7. The Morgan fingerprint density at radius 2 is 1.67 bits per heavy atom. The molecule has 1 aliphatic carbocycles. The van der Waals surface area contributed by atoms with Gasteiger partial charge in [0.1, 0.15) is 4.90 Å². The molecule has 1 amide bonds. The monoisotopic (exact) mass is 371 g/mol. The van der Waals surface area contributed by atoms with Gasteiger partial charge in [-0.3, -0.25) is 4.79 Å². The molecule has 1 saturated carbocycles. The SMILES string of the molecule is NC1(C(=O)N2CCN(S(=O)(=O)c3ccccc3Cl)CC2)CCCC1. The number of hydrogen-bond acceptors (Lipinski definition) is 4. The Bertz CT molecular complexity index is 724. The summed E-state index contributed by atoms with van der Waals surface area (Å²) < 4.78 is 26.8. The van der Waals surface area contributed by atoms with Crippen LogP contribution in [0.2, 0.25) is 5.02 Å². The Hall–Kier alpha value is -1.15. The predicted octanol–water partition coefficient (Wildman–Crippen LogP) is 1.44. The van der Waals surface area contributed by atoms with Crippen molar-refractivity contribution in [2.75, 3.05) is 26.2 Å². The summed E-state index contributed by atoms with van der Waals surface area (Å²) in [5.41, 5.74) is 5.46. The third-order valence-corrected chi connectivity index (χ3v) is 7.30. The van der Waals surface area contributed by atoms with Gasteiger partial charge in [0.05, 0.1) is 10.6 Å². The molecule has 0 atom stereocenters. The van der Waals surface area contributed by atoms with Gasteiger partial charge in [0, 0.05) is 26.2 Å². The molecule has 6 nitrogen and oxygen atoms in total. The number of hydrogen-bond donors (Lipinski definition) is 1. The summed E-state index contributed by atoms with van der Waals surface area (Å²) in [6.07, 6.45) is 3.38. The molecule has 3 rings (SSSR count). The highest BCUT2D eigenvalue weighted by atomic mass is 35.5. The highest BCUT2D eigenvalue weighted by Gasteiger charge is 2.41. The molecule has 2 aliphatic rings. The van der Waals surface area contributed by atoms with Gasteiger partial charge in [-0.1, -0.05) is 36.6 Å².